The number of piperidine rings is 1. The van der Waals surface area contributed by atoms with Gasteiger partial charge in [0.1, 0.15) is 11.8 Å². The predicted molar refractivity (Wildman–Crippen MR) is 142 cm³/mol. The van der Waals surface area contributed by atoms with Gasteiger partial charge in [-0.15, -0.1) is 0 Å². The number of nitrogens with one attached hydrogen (secondary N) is 1. The summed E-state index contributed by atoms with van der Waals surface area (Å²) in [6, 6.07) is 17.8. The SMILES string of the molecule is Cc1cccc(C(=O)N2CCC3(CC2)OC[C@@H](C(=O)NCc2cccnc2)N3C(=O)c2cccc(C)c2)c1. The van der Waals surface area contributed by atoms with Crippen LogP contribution in [0.25, 0.3) is 0 Å². The molecule has 3 aromatic rings. The summed E-state index contributed by atoms with van der Waals surface area (Å²) in [7, 11) is 0. The van der Waals surface area contributed by atoms with Gasteiger partial charge in [-0.3, -0.25) is 24.3 Å². The van der Waals surface area contributed by atoms with E-state index >= 15 is 0 Å². The highest BCUT2D eigenvalue weighted by Crippen LogP contribution is 2.39. The highest BCUT2D eigenvalue weighted by molar-refractivity contribution is 5.99. The largest absolute Gasteiger partial charge is 0.353 e. The molecule has 5 rings (SSSR count). The number of likely N-dealkylation sites (tertiary alicyclic amines) is 1. The Bertz CT molecular complexity index is 1330. The Kier molecular flexibility index (Phi) is 7.24. The van der Waals surface area contributed by atoms with Crippen LogP contribution in [-0.4, -0.2) is 64.0 Å². The molecule has 1 aromatic heterocycles. The van der Waals surface area contributed by atoms with Crippen molar-refractivity contribution >= 4 is 17.7 Å². The van der Waals surface area contributed by atoms with Crippen molar-refractivity contribution < 1.29 is 19.1 Å². The van der Waals surface area contributed by atoms with Crippen molar-refractivity contribution in [1.82, 2.24) is 20.1 Å². The summed E-state index contributed by atoms with van der Waals surface area (Å²) in [5, 5.41) is 2.95. The zero-order valence-corrected chi connectivity index (χ0v) is 21.7. The van der Waals surface area contributed by atoms with E-state index in [0.29, 0.717) is 43.6 Å². The summed E-state index contributed by atoms with van der Waals surface area (Å²) in [5.74, 6) is -0.556. The summed E-state index contributed by atoms with van der Waals surface area (Å²) in [5.41, 5.74) is 3.06. The quantitative estimate of drug-likeness (QED) is 0.565. The number of ether oxygens (including phenoxy) is 1. The molecule has 2 aliphatic heterocycles. The summed E-state index contributed by atoms with van der Waals surface area (Å²) >= 11 is 0. The third kappa shape index (κ3) is 5.17. The second-order valence-corrected chi connectivity index (χ2v) is 10.1. The number of aromatic nitrogens is 1. The number of aryl methyl sites for hydroxylation is 2. The molecular weight excluding hydrogens is 480 g/mol. The smallest absolute Gasteiger partial charge is 0.256 e. The van der Waals surface area contributed by atoms with Crippen LogP contribution < -0.4 is 5.32 Å². The topological polar surface area (TPSA) is 91.8 Å². The molecular formula is C30H32N4O4. The lowest BCUT2D eigenvalue weighted by molar-refractivity contribution is -0.128. The summed E-state index contributed by atoms with van der Waals surface area (Å²) < 4.78 is 6.30. The van der Waals surface area contributed by atoms with E-state index in [0.717, 1.165) is 16.7 Å². The minimum absolute atomic E-state index is 0.0381. The van der Waals surface area contributed by atoms with Crippen molar-refractivity contribution in [3.63, 3.8) is 0 Å². The fourth-order valence-electron chi connectivity index (χ4n) is 5.31. The zero-order valence-electron chi connectivity index (χ0n) is 21.7. The summed E-state index contributed by atoms with van der Waals surface area (Å²) in [6.07, 6.45) is 4.23. The Labute approximate surface area is 222 Å². The summed E-state index contributed by atoms with van der Waals surface area (Å²) in [6.45, 7) is 5.15. The molecule has 0 radical (unpaired) electrons. The summed E-state index contributed by atoms with van der Waals surface area (Å²) in [4.78, 5) is 48.0. The molecule has 2 aromatic carbocycles. The minimum atomic E-state index is -0.958. The van der Waals surface area contributed by atoms with Crippen LogP contribution in [0.15, 0.2) is 73.1 Å². The van der Waals surface area contributed by atoms with Crippen LogP contribution in [0, 0.1) is 13.8 Å². The van der Waals surface area contributed by atoms with E-state index in [2.05, 4.69) is 10.3 Å². The number of carbonyl (C=O) groups excluding carboxylic acids is 3. The van der Waals surface area contributed by atoms with E-state index < -0.39 is 11.8 Å². The normalized spacial score (nSPS) is 18.4. The van der Waals surface area contributed by atoms with Gasteiger partial charge in [-0.05, 0) is 49.7 Å². The molecule has 1 atom stereocenters. The van der Waals surface area contributed by atoms with Gasteiger partial charge in [-0.2, -0.15) is 0 Å². The molecule has 8 heteroatoms. The third-order valence-electron chi connectivity index (χ3n) is 7.33. The van der Waals surface area contributed by atoms with Crippen LogP contribution in [0.1, 0.15) is 50.2 Å². The Balaban J connectivity index is 1.37. The van der Waals surface area contributed by atoms with E-state index in [1.54, 1.807) is 28.3 Å². The predicted octanol–water partition coefficient (Wildman–Crippen LogP) is 3.49. The lowest BCUT2D eigenvalue weighted by Crippen LogP contribution is -2.59. The monoisotopic (exact) mass is 512 g/mol. The molecule has 2 aliphatic rings. The number of carbonyl (C=O) groups is 3. The number of amides is 3. The average Bonchev–Trinajstić information content (AvgIpc) is 3.30. The van der Waals surface area contributed by atoms with Gasteiger partial charge >= 0.3 is 0 Å². The van der Waals surface area contributed by atoms with Crippen molar-refractivity contribution in [2.24, 2.45) is 0 Å². The third-order valence-corrected chi connectivity index (χ3v) is 7.33. The molecule has 3 amide bonds. The molecule has 1 spiro atoms. The second kappa shape index (κ2) is 10.8. The zero-order chi connectivity index (χ0) is 26.7. The number of benzene rings is 2. The molecule has 2 fully saturated rings. The maximum atomic E-state index is 13.9. The van der Waals surface area contributed by atoms with Crippen LogP contribution >= 0.6 is 0 Å². The van der Waals surface area contributed by atoms with E-state index in [-0.39, 0.29) is 24.3 Å². The molecule has 0 unspecified atom stereocenters. The fourth-order valence-corrected chi connectivity index (χ4v) is 5.31. The average molecular weight is 513 g/mol. The van der Waals surface area contributed by atoms with Crippen LogP contribution in [0.5, 0.6) is 0 Å². The number of rotatable bonds is 5. The number of pyridine rings is 1. The first kappa shape index (κ1) is 25.6. The van der Waals surface area contributed by atoms with E-state index in [9.17, 15) is 14.4 Å². The molecule has 38 heavy (non-hydrogen) atoms. The van der Waals surface area contributed by atoms with E-state index in [1.165, 1.54) is 0 Å². The van der Waals surface area contributed by atoms with Crippen molar-refractivity contribution in [3.05, 3.63) is 101 Å². The fraction of sp³-hybridized carbons (Fsp3) is 0.333. The van der Waals surface area contributed by atoms with Crippen LogP contribution in [0.3, 0.4) is 0 Å². The van der Waals surface area contributed by atoms with Gasteiger partial charge in [0.15, 0.2) is 0 Å². The second-order valence-electron chi connectivity index (χ2n) is 10.1. The first-order valence-electron chi connectivity index (χ1n) is 12.9. The van der Waals surface area contributed by atoms with Gasteiger partial charge in [0, 0.05) is 56.0 Å². The Hall–Kier alpha value is -4.04. The van der Waals surface area contributed by atoms with Gasteiger partial charge < -0.3 is 15.0 Å². The van der Waals surface area contributed by atoms with Gasteiger partial charge in [0.25, 0.3) is 11.8 Å². The first-order chi connectivity index (χ1) is 18.4. The number of hydrogen-bond acceptors (Lipinski definition) is 5. The molecule has 1 N–H and O–H groups in total. The maximum absolute atomic E-state index is 13.9. The molecule has 0 aliphatic carbocycles. The van der Waals surface area contributed by atoms with Crippen molar-refractivity contribution in [3.8, 4) is 0 Å². The van der Waals surface area contributed by atoms with Gasteiger partial charge in [0.2, 0.25) is 5.91 Å². The Morgan fingerprint density at radius 1 is 0.947 bits per heavy atom. The van der Waals surface area contributed by atoms with Gasteiger partial charge in [-0.25, -0.2) is 0 Å². The highest BCUT2D eigenvalue weighted by atomic mass is 16.5. The number of nitrogens with zero attached hydrogens (tertiary/aromatic N) is 3. The molecule has 8 nitrogen and oxygen atoms in total. The molecule has 3 heterocycles. The Morgan fingerprint density at radius 2 is 1.61 bits per heavy atom. The van der Waals surface area contributed by atoms with Crippen molar-refractivity contribution in [1.29, 1.82) is 0 Å². The Morgan fingerprint density at radius 3 is 2.21 bits per heavy atom. The molecule has 0 saturated carbocycles. The molecule has 0 bridgehead atoms. The van der Waals surface area contributed by atoms with Gasteiger partial charge in [-0.1, -0.05) is 41.5 Å². The lowest BCUT2D eigenvalue weighted by atomic mass is 9.95. The van der Waals surface area contributed by atoms with Crippen LogP contribution in [-0.2, 0) is 16.1 Å². The van der Waals surface area contributed by atoms with E-state index in [4.69, 9.17) is 4.74 Å². The first-order valence-corrected chi connectivity index (χ1v) is 12.9. The standard InChI is InChI=1S/C30H32N4O4/c1-21-6-3-9-24(16-21)28(36)33-14-11-30(12-15-33)34(29(37)25-10-4-7-22(2)17-25)26(20-38-30)27(35)32-19-23-8-5-13-31-18-23/h3-10,13,16-18,26H,11-12,14-15,19-20H2,1-2H3,(H,32,35)/t26-/m0/s1. The maximum Gasteiger partial charge on any atom is 0.256 e. The van der Waals surface area contributed by atoms with Crippen LogP contribution in [0.4, 0.5) is 0 Å². The van der Waals surface area contributed by atoms with Gasteiger partial charge in [0.05, 0.1) is 6.61 Å². The van der Waals surface area contributed by atoms with Crippen molar-refractivity contribution in [2.75, 3.05) is 19.7 Å². The number of hydrogen-bond donors (Lipinski definition) is 1. The minimum Gasteiger partial charge on any atom is -0.353 e. The lowest BCUT2D eigenvalue weighted by Gasteiger charge is -2.44. The van der Waals surface area contributed by atoms with E-state index in [1.807, 2.05) is 68.4 Å². The van der Waals surface area contributed by atoms with Crippen LogP contribution in [0.2, 0.25) is 0 Å². The molecule has 2 saturated heterocycles. The van der Waals surface area contributed by atoms with Crippen molar-refractivity contribution in [2.45, 2.75) is 45.0 Å². The molecule has 196 valence electrons. The highest BCUT2D eigenvalue weighted by Gasteiger charge is 2.54.